The van der Waals surface area contributed by atoms with Crippen LogP contribution in [-0.4, -0.2) is 91.9 Å². The summed E-state index contributed by atoms with van der Waals surface area (Å²) in [5.41, 5.74) is 0.270. The number of rotatable bonds is 12. The predicted octanol–water partition coefficient (Wildman–Crippen LogP) is 2.62. The number of carbonyl (C=O) groups is 6. The third kappa shape index (κ3) is 6.06. The molecule has 0 aromatic heterocycles. The number of benzene rings is 3. The highest BCUT2D eigenvalue weighted by Gasteiger charge is 2.57. The van der Waals surface area contributed by atoms with Gasteiger partial charge in [-0.15, -0.1) is 11.8 Å². The van der Waals surface area contributed by atoms with Crippen LogP contribution in [0.5, 0.6) is 0 Å². The van der Waals surface area contributed by atoms with E-state index in [1.807, 2.05) is 60.7 Å². The largest absolute Gasteiger partial charge is 0.481 e. The smallest absolute Gasteiger partial charge is 0.330 e. The van der Waals surface area contributed by atoms with Crippen molar-refractivity contribution in [2.24, 2.45) is 5.41 Å². The van der Waals surface area contributed by atoms with Gasteiger partial charge < -0.3 is 25.2 Å². The summed E-state index contributed by atoms with van der Waals surface area (Å²) in [6.45, 7) is -0.768. The molecule has 0 saturated carbocycles. The van der Waals surface area contributed by atoms with Crippen LogP contribution in [-0.2, 0) is 23.9 Å². The molecule has 3 aliphatic heterocycles. The third-order valence-corrected chi connectivity index (χ3v) is 10.5. The van der Waals surface area contributed by atoms with Crippen LogP contribution in [0.15, 0.2) is 84.9 Å². The Labute approximate surface area is 280 Å². The summed E-state index contributed by atoms with van der Waals surface area (Å²) in [4.78, 5) is 80.7. The average Bonchev–Trinajstić information content (AvgIpc) is 3.36. The number of carboxylic acids is 1. The van der Waals surface area contributed by atoms with E-state index < -0.39 is 71.2 Å². The molecule has 0 spiro atoms. The number of hydrogen-bond acceptors (Lipinski definition) is 9. The SMILES string of the molecule is O=C(CCCC(C(=O)OC(c1ccccc1)c1ccccc1)N1C(=O)c2ccccc2C1=O)NC1C(=O)N2CC(CO)(C(=O)O)CS[C@H]12. The van der Waals surface area contributed by atoms with Crippen LogP contribution in [0.4, 0.5) is 0 Å². The van der Waals surface area contributed by atoms with Crippen LogP contribution in [0.2, 0.25) is 0 Å². The van der Waals surface area contributed by atoms with Gasteiger partial charge in [-0.3, -0.25) is 28.9 Å². The summed E-state index contributed by atoms with van der Waals surface area (Å²) in [7, 11) is 0. The Morgan fingerprint density at radius 3 is 2.00 bits per heavy atom. The van der Waals surface area contributed by atoms with Crippen molar-refractivity contribution in [3.05, 3.63) is 107 Å². The first-order chi connectivity index (χ1) is 23.1. The molecule has 6 rings (SSSR count). The number of nitrogens with one attached hydrogen (secondary N) is 1. The molecule has 3 aliphatic rings. The number of imide groups is 1. The number of aliphatic carboxylic acids is 1. The lowest BCUT2D eigenvalue weighted by atomic mass is 9.88. The Balaban J connectivity index is 1.16. The monoisotopic (exact) mass is 671 g/mol. The van der Waals surface area contributed by atoms with E-state index in [2.05, 4.69) is 5.32 Å². The topological polar surface area (TPSA) is 171 Å². The molecule has 0 radical (unpaired) electrons. The molecule has 2 saturated heterocycles. The Hall–Kier alpha value is -5.01. The van der Waals surface area contributed by atoms with Crippen molar-refractivity contribution in [3.8, 4) is 0 Å². The number of ether oxygens (including phenoxy) is 1. The number of aliphatic hydroxyl groups is 1. The van der Waals surface area contributed by atoms with Gasteiger partial charge in [0.15, 0.2) is 6.10 Å². The summed E-state index contributed by atoms with van der Waals surface area (Å²) in [6, 6.07) is 22.3. The first-order valence-corrected chi connectivity index (χ1v) is 16.5. The van der Waals surface area contributed by atoms with Gasteiger partial charge in [-0.2, -0.15) is 0 Å². The van der Waals surface area contributed by atoms with Crippen molar-refractivity contribution >= 4 is 47.3 Å². The predicted molar refractivity (Wildman–Crippen MR) is 172 cm³/mol. The molecule has 3 N–H and O–H groups in total. The zero-order valence-corrected chi connectivity index (χ0v) is 26.5. The molecule has 4 amide bonds. The fourth-order valence-corrected chi connectivity index (χ4v) is 7.78. The number of carbonyl (C=O) groups excluding carboxylic acids is 5. The van der Waals surface area contributed by atoms with Crippen LogP contribution >= 0.6 is 11.8 Å². The molecular formula is C35H33N3O9S. The number of aliphatic hydroxyl groups excluding tert-OH is 1. The van der Waals surface area contributed by atoms with Crippen LogP contribution in [0.3, 0.4) is 0 Å². The maximum atomic E-state index is 14.0. The average molecular weight is 672 g/mol. The fourth-order valence-electron chi connectivity index (χ4n) is 6.24. The Morgan fingerprint density at radius 2 is 1.46 bits per heavy atom. The highest BCUT2D eigenvalue weighted by molar-refractivity contribution is 8.00. The number of β-lactam (4-membered cyclic amide) rings is 1. The summed E-state index contributed by atoms with van der Waals surface area (Å²) in [5.74, 6) is -4.11. The van der Waals surface area contributed by atoms with E-state index in [1.54, 1.807) is 12.1 Å². The Kier molecular flexibility index (Phi) is 9.33. The van der Waals surface area contributed by atoms with E-state index in [1.165, 1.54) is 28.8 Å². The van der Waals surface area contributed by atoms with Gasteiger partial charge in [0.25, 0.3) is 11.8 Å². The molecule has 3 aromatic rings. The number of fused-ring (bicyclic) bond motifs is 2. The maximum Gasteiger partial charge on any atom is 0.330 e. The molecule has 3 aromatic carbocycles. The van der Waals surface area contributed by atoms with Gasteiger partial charge in [-0.05, 0) is 36.1 Å². The number of nitrogens with zero attached hydrogens (tertiary/aromatic N) is 2. The van der Waals surface area contributed by atoms with E-state index in [0.29, 0.717) is 11.1 Å². The molecule has 2 fully saturated rings. The molecule has 12 nitrogen and oxygen atoms in total. The summed E-state index contributed by atoms with van der Waals surface area (Å²) < 4.78 is 6.06. The summed E-state index contributed by atoms with van der Waals surface area (Å²) in [6.07, 6.45) is -0.943. The molecule has 13 heteroatoms. The Bertz CT molecular complexity index is 1680. The van der Waals surface area contributed by atoms with Crippen molar-refractivity contribution in [2.75, 3.05) is 18.9 Å². The standard InChI is InChI=1S/C35H33N3O9S/c39-19-35(34(45)46)18-37-31(43)27(32(37)48-20-35)36-26(40)17-9-16-25(38-29(41)23-14-7-8-15-24(23)30(38)42)33(44)47-28(21-10-3-1-4-11-21)22-12-5-2-6-13-22/h1-8,10-15,25,27-28,32,39H,9,16-20H2,(H,36,40)(H,45,46)/t25?,27?,32-,35?/m1/s1. The van der Waals surface area contributed by atoms with Gasteiger partial charge in [0.2, 0.25) is 11.8 Å². The normalized spacial score (nSPS) is 22.1. The van der Waals surface area contributed by atoms with Gasteiger partial charge in [-0.25, -0.2) is 4.79 Å². The van der Waals surface area contributed by atoms with E-state index in [-0.39, 0.29) is 42.7 Å². The van der Waals surface area contributed by atoms with Crippen molar-refractivity contribution < 1.29 is 43.7 Å². The lowest BCUT2D eigenvalue weighted by Crippen LogP contribution is -2.74. The van der Waals surface area contributed by atoms with Crippen LogP contribution < -0.4 is 5.32 Å². The van der Waals surface area contributed by atoms with Crippen LogP contribution in [0, 0.1) is 5.41 Å². The van der Waals surface area contributed by atoms with E-state index in [0.717, 1.165) is 4.90 Å². The number of thioether (sulfide) groups is 1. The number of hydrogen-bond donors (Lipinski definition) is 3. The van der Waals surface area contributed by atoms with E-state index in [4.69, 9.17) is 4.74 Å². The minimum absolute atomic E-state index is 0.0748. The van der Waals surface area contributed by atoms with Crippen molar-refractivity contribution in [1.82, 2.24) is 15.1 Å². The lowest BCUT2D eigenvalue weighted by Gasteiger charge is -2.53. The van der Waals surface area contributed by atoms with E-state index in [9.17, 15) is 39.0 Å². The minimum Gasteiger partial charge on any atom is -0.481 e. The second-order valence-electron chi connectivity index (χ2n) is 12.0. The number of esters is 1. The molecule has 48 heavy (non-hydrogen) atoms. The molecule has 4 atom stereocenters. The van der Waals surface area contributed by atoms with Crippen molar-refractivity contribution in [3.63, 3.8) is 0 Å². The minimum atomic E-state index is -1.46. The molecule has 0 bridgehead atoms. The van der Waals surface area contributed by atoms with Crippen LogP contribution in [0.1, 0.15) is 57.2 Å². The first kappa shape index (κ1) is 32.9. The maximum absolute atomic E-state index is 14.0. The quantitative estimate of drug-likeness (QED) is 0.148. The molecule has 248 valence electrons. The lowest BCUT2D eigenvalue weighted by molar-refractivity contribution is -0.161. The van der Waals surface area contributed by atoms with Gasteiger partial charge in [0.05, 0.1) is 17.7 Å². The second kappa shape index (κ2) is 13.6. The Morgan fingerprint density at radius 1 is 0.896 bits per heavy atom. The molecule has 3 heterocycles. The highest BCUT2D eigenvalue weighted by Crippen LogP contribution is 2.42. The van der Waals surface area contributed by atoms with Gasteiger partial charge in [0.1, 0.15) is 22.9 Å². The van der Waals surface area contributed by atoms with Gasteiger partial charge >= 0.3 is 11.9 Å². The number of amides is 4. The third-order valence-electron chi connectivity index (χ3n) is 8.95. The van der Waals surface area contributed by atoms with Crippen molar-refractivity contribution in [1.29, 1.82) is 0 Å². The molecule has 3 unspecified atom stereocenters. The molecule has 0 aliphatic carbocycles. The van der Waals surface area contributed by atoms with Gasteiger partial charge in [0, 0.05) is 18.7 Å². The molecular weight excluding hydrogens is 638 g/mol. The van der Waals surface area contributed by atoms with Gasteiger partial charge in [-0.1, -0.05) is 72.8 Å². The fraction of sp³-hybridized carbons (Fsp3) is 0.314. The zero-order chi connectivity index (χ0) is 34.0. The summed E-state index contributed by atoms with van der Waals surface area (Å²) >= 11 is 1.18. The van der Waals surface area contributed by atoms with E-state index >= 15 is 0 Å². The van der Waals surface area contributed by atoms with Crippen molar-refractivity contribution in [2.45, 2.75) is 42.8 Å². The first-order valence-electron chi connectivity index (χ1n) is 15.5. The second-order valence-corrected chi connectivity index (χ2v) is 13.1. The summed E-state index contributed by atoms with van der Waals surface area (Å²) in [5, 5.41) is 21.5. The van der Waals surface area contributed by atoms with Crippen LogP contribution in [0.25, 0.3) is 0 Å². The number of carboxylic acid groups (broad SMARTS) is 1. The zero-order valence-electron chi connectivity index (χ0n) is 25.7. The highest BCUT2D eigenvalue weighted by atomic mass is 32.2.